The van der Waals surface area contributed by atoms with Gasteiger partial charge in [0.2, 0.25) is 0 Å². The zero-order valence-electron chi connectivity index (χ0n) is 38.3. The molecule has 53 heavy (non-hydrogen) atoms. The number of rotatable bonds is 4. The van der Waals surface area contributed by atoms with Crippen LogP contribution in [0.3, 0.4) is 0 Å². The fraction of sp³-hybridized carbons (Fsp3) is 0.640. The minimum atomic E-state index is -0.168. The lowest BCUT2D eigenvalue weighted by Crippen LogP contribution is -2.21. The summed E-state index contributed by atoms with van der Waals surface area (Å²) in [5, 5.41) is 33.2. The zero-order chi connectivity index (χ0) is 41.7. The minimum Gasteiger partial charge on any atom is -0.507 e. The third-order valence-corrected chi connectivity index (χ3v) is 10.5. The molecule has 0 saturated heterocycles. The third-order valence-electron chi connectivity index (χ3n) is 10.5. The van der Waals surface area contributed by atoms with Crippen LogP contribution in [0.2, 0.25) is 0 Å². The first kappa shape index (κ1) is 46.2. The molecular formula is C50H80O3. The Morgan fingerprint density at radius 2 is 0.566 bits per heavy atom. The Bertz CT molecular complexity index is 1530. The van der Waals surface area contributed by atoms with E-state index in [1.807, 2.05) is 0 Å². The van der Waals surface area contributed by atoms with Crippen LogP contribution >= 0.6 is 0 Å². The second kappa shape index (κ2) is 15.3. The van der Waals surface area contributed by atoms with E-state index in [0.717, 1.165) is 46.2 Å². The van der Waals surface area contributed by atoms with Crippen LogP contribution in [0.5, 0.6) is 17.2 Å². The maximum atomic E-state index is 11.3. The first-order valence-electron chi connectivity index (χ1n) is 20.1. The van der Waals surface area contributed by atoms with Crippen LogP contribution < -0.4 is 0 Å². The molecule has 0 atom stereocenters. The van der Waals surface area contributed by atoms with Gasteiger partial charge in [0.25, 0.3) is 0 Å². The highest BCUT2D eigenvalue weighted by atomic mass is 16.3. The summed E-state index contributed by atoms with van der Waals surface area (Å²) in [5.74, 6) is 1.51. The molecule has 0 amide bonds. The first-order chi connectivity index (χ1) is 23.4. The molecule has 0 aliphatic rings. The quantitative estimate of drug-likeness (QED) is 0.251. The fourth-order valence-corrected chi connectivity index (χ4v) is 7.03. The summed E-state index contributed by atoms with van der Waals surface area (Å²) in [6, 6.07) is 13.3. The van der Waals surface area contributed by atoms with E-state index >= 15 is 0 Å². The number of hydrogen-bond donors (Lipinski definition) is 3. The van der Waals surface area contributed by atoms with Crippen LogP contribution in [-0.2, 0) is 37.9 Å². The molecule has 3 N–H and O–H groups in total. The monoisotopic (exact) mass is 729 g/mol. The van der Waals surface area contributed by atoms with Gasteiger partial charge >= 0.3 is 0 Å². The van der Waals surface area contributed by atoms with Gasteiger partial charge in [-0.1, -0.05) is 195 Å². The van der Waals surface area contributed by atoms with Crippen LogP contribution in [0.4, 0.5) is 0 Å². The third kappa shape index (κ3) is 11.3. The van der Waals surface area contributed by atoms with Gasteiger partial charge in [0.1, 0.15) is 17.2 Å². The average Bonchev–Trinajstić information content (AvgIpc) is 2.92. The highest BCUT2D eigenvalue weighted by molar-refractivity contribution is 5.56. The van der Waals surface area contributed by atoms with Crippen LogP contribution in [0.25, 0.3) is 0 Å². The Morgan fingerprint density at radius 3 is 0.736 bits per heavy atom. The van der Waals surface area contributed by atoms with Crippen molar-refractivity contribution in [2.45, 2.75) is 209 Å². The molecule has 3 aromatic carbocycles. The maximum absolute atomic E-state index is 11.3. The first-order valence-corrected chi connectivity index (χ1v) is 20.1. The SMILES string of the molecule is CC(C)(C)c1cc(C(C)(C)C)c(O)c(C(C)(C)C)c1.CCCC(c1cc(C(C)(C)C)c(O)c(C(C)(C)C)c1)c1cc(C(C)(C)C)c(O)c(C(C)(C)C)c1. The van der Waals surface area contributed by atoms with Crippen molar-refractivity contribution in [3.63, 3.8) is 0 Å². The molecule has 3 nitrogen and oxygen atoms in total. The second-order valence-electron chi connectivity index (χ2n) is 22.9. The van der Waals surface area contributed by atoms with Gasteiger partial charge in [0, 0.05) is 5.92 Å². The number of benzene rings is 3. The Kier molecular flexibility index (Phi) is 13.3. The molecule has 0 radical (unpaired) electrons. The summed E-state index contributed by atoms with van der Waals surface area (Å²) < 4.78 is 0. The topological polar surface area (TPSA) is 60.7 Å². The normalized spacial score (nSPS) is 13.6. The molecule has 3 rings (SSSR count). The zero-order valence-corrected chi connectivity index (χ0v) is 38.3. The summed E-state index contributed by atoms with van der Waals surface area (Å²) in [6.07, 6.45) is 2.06. The molecule has 0 heterocycles. The van der Waals surface area contributed by atoms with Crippen LogP contribution in [0.15, 0.2) is 36.4 Å². The van der Waals surface area contributed by atoms with Crippen LogP contribution in [0, 0.1) is 0 Å². The van der Waals surface area contributed by atoms with Crippen molar-refractivity contribution in [3.8, 4) is 17.2 Å². The molecule has 3 aromatic rings. The Balaban J connectivity index is 0.000000432. The maximum Gasteiger partial charge on any atom is 0.123 e. The smallest absolute Gasteiger partial charge is 0.123 e. The molecule has 0 aliphatic heterocycles. The van der Waals surface area contributed by atoms with Crippen molar-refractivity contribution in [3.05, 3.63) is 86.5 Å². The van der Waals surface area contributed by atoms with E-state index in [2.05, 4.69) is 189 Å². The van der Waals surface area contributed by atoms with E-state index in [1.165, 1.54) is 16.7 Å². The molecule has 0 spiro atoms. The molecule has 0 fully saturated rings. The van der Waals surface area contributed by atoms with Gasteiger partial charge in [0.15, 0.2) is 0 Å². The molecule has 0 bridgehead atoms. The average molecular weight is 729 g/mol. The van der Waals surface area contributed by atoms with Crippen molar-refractivity contribution in [2.24, 2.45) is 0 Å². The minimum absolute atomic E-state index is 0.0503. The van der Waals surface area contributed by atoms with E-state index in [1.54, 1.807) is 0 Å². The van der Waals surface area contributed by atoms with Crippen molar-refractivity contribution in [1.29, 1.82) is 0 Å². The molecule has 0 unspecified atom stereocenters. The lowest BCUT2D eigenvalue weighted by Gasteiger charge is -2.32. The van der Waals surface area contributed by atoms with Crippen molar-refractivity contribution < 1.29 is 15.3 Å². The van der Waals surface area contributed by atoms with E-state index in [-0.39, 0.29) is 43.8 Å². The standard InChI is InChI=1S/C32H50O2.C18H30O/c1-14-15-22(20-16-23(29(2,3)4)27(33)24(17-20)30(5,6)7)21-18-25(31(8,9)10)28(34)26(19-21)32(11,12)13;1-16(2,3)12-10-13(17(4,5)6)15(19)14(11-12)18(7,8)9/h16-19,22,33-34H,14-15H2,1-13H3;10-11,19H,1-9H3. The highest BCUT2D eigenvalue weighted by Crippen LogP contribution is 2.47. The second-order valence-corrected chi connectivity index (χ2v) is 22.9. The fourth-order valence-electron chi connectivity index (χ4n) is 7.03. The molecule has 0 aromatic heterocycles. The molecule has 0 saturated carbocycles. The molecular weight excluding hydrogens is 649 g/mol. The summed E-state index contributed by atoms with van der Waals surface area (Å²) in [6.45, 7) is 47.9. The van der Waals surface area contributed by atoms with Crippen molar-refractivity contribution in [2.75, 3.05) is 0 Å². The largest absolute Gasteiger partial charge is 0.507 e. The molecule has 0 aliphatic carbocycles. The van der Waals surface area contributed by atoms with E-state index < -0.39 is 0 Å². The van der Waals surface area contributed by atoms with Crippen molar-refractivity contribution in [1.82, 2.24) is 0 Å². The van der Waals surface area contributed by atoms with E-state index in [9.17, 15) is 15.3 Å². The summed E-state index contributed by atoms with van der Waals surface area (Å²) in [4.78, 5) is 0. The van der Waals surface area contributed by atoms with E-state index in [4.69, 9.17) is 0 Å². The number of phenols is 3. The number of phenolic OH excluding ortho intramolecular Hbond substituents is 3. The lowest BCUT2D eigenvalue weighted by molar-refractivity contribution is 0.420. The van der Waals surface area contributed by atoms with Crippen molar-refractivity contribution >= 4 is 0 Å². The Hall–Kier alpha value is -2.94. The summed E-state index contributed by atoms with van der Waals surface area (Å²) in [7, 11) is 0. The van der Waals surface area contributed by atoms with Crippen LogP contribution in [-0.4, -0.2) is 15.3 Å². The molecule has 298 valence electrons. The van der Waals surface area contributed by atoms with Gasteiger partial charge in [-0.2, -0.15) is 0 Å². The van der Waals surface area contributed by atoms with Gasteiger partial charge in [-0.15, -0.1) is 0 Å². The number of hydrogen-bond acceptors (Lipinski definition) is 3. The van der Waals surface area contributed by atoms with Gasteiger partial charge in [-0.3, -0.25) is 0 Å². The molecule has 3 heteroatoms. The van der Waals surface area contributed by atoms with Crippen LogP contribution in [0.1, 0.15) is 221 Å². The highest BCUT2D eigenvalue weighted by Gasteiger charge is 2.32. The predicted molar refractivity (Wildman–Crippen MR) is 232 cm³/mol. The summed E-state index contributed by atoms with van der Waals surface area (Å²) >= 11 is 0. The number of aromatic hydroxyl groups is 3. The lowest BCUT2D eigenvalue weighted by atomic mass is 9.73. The van der Waals surface area contributed by atoms with Gasteiger partial charge in [0.05, 0.1) is 0 Å². The Morgan fingerprint density at radius 1 is 0.358 bits per heavy atom. The van der Waals surface area contributed by atoms with Gasteiger partial charge in [-0.25, -0.2) is 0 Å². The van der Waals surface area contributed by atoms with Gasteiger partial charge in [-0.05, 0) is 94.4 Å². The van der Waals surface area contributed by atoms with Gasteiger partial charge < -0.3 is 15.3 Å². The van der Waals surface area contributed by atoms with E-state index in [0.29, 0.717) is 17.2 Å². The predicted octanol–water partition coefficient (Wildman–Crippen LogP) is 14.5. The summed E-state index contributed by atoms with van der Waals surface area (Å²) in [5.41, 5.74) is 9.21. The Labute approximate surface area is 327 Å².